The molecule has 0 saturated heterocycles. The van der Waals surface area contributed by atoms with Gasteiger partial charge in [0.05, 0.1) is 5.69 Å². The average Bonchev–Trinajstić information content (AvgIpc) is 2.84. The van der Waals surface area contributed by atoms with E-state index in [-0.39, 0.29) is 29.8 Å². The molecule has 3 aliphatic rings. The number of benzene rings is 2. The fraction of sp³-hybridized carbons (Fsp3) is 0.296. The zero-order valence-electron chi connectivity index (χ0n) is 18.7. The fourth-order valence-corrected chi connectivity index (χ4v) is 4.97. The van der Waals surface area contributed by atoms with Crippen LogP contribution in [0.15, 0.2) is 71.1 Å². The SMILES string of the molecule is O=C(COc1ccc(C2C3=C(CCCC3=O)NC3=C2C(=O)CCC3)cc1)Nc1ccccc1F. The molecule has 0 spiro atoms. The van der Waals surface area contributed by atoms with Gasteiger partial charge < -0.3 is 15.4 Å². The number of dihydropyridines is 1. The topological polar surface area (TPSA) is 84.5 Å². The number of halogens is 1. The molecule has 1 aliphatic heterocycles. The van der Waals surface area contributed by atoms with Gasteiger partial charge in [0, 0.05) is 41.3 Å². The van der Waals surface area contributed by atoms with E-state index in [2.05, 4.69) is 10.6 Å². The summed E-state index contributed by atoms with van der Waals surface area (Å²) in [6.45, 7) is -0.275. The van der Waals surface area contributed by atoms with Crippen molar-refractivity contribution in [2.75, 3.05) is 11.9 Å². The number of carbonyl (C=O) groups excluding carboxylic acids is 3. The predicted molar refractivity (Wildman–Crippen MR) is 125 cm³/mol. The molecule has 174 valence electrons. The van der Waals surface area contributed by atoms with Crippen LogP contribution in [0.2, 0.25) is 0 Å². The van der Waals surface area contributed by atoms with E-state index in [1.54, 1.807) is 24.3 Å². The van der Waals surface area contributed by atoms with Crippen LogP contribution < -0.4 is 15.4 Å². The van der Waals surface area contributed by atoms with Gasteiger partial charge in [0.15, 0.2) is 18.2 Å². The molecule has 2 N–H and O–H groups in total. The maximum atomic E-state index is 13.7. The van der Waals surface area contributed by atoms with Crippen molar-refractivity contribution >= 4 is 23.2 Å². The van der Waals surface area contributed by atoms with Crippen molar-refractivity contribution < 1.29 is 23.5 Å². The van der Waals surface area contributed by atoms with Crippen LogP contribution in [0.5, 0.6) is 5.75 Å². The Balaban J connectivity index is 1.34. The summed E-state index contributed by atoms with van der Waals surface area (Å²) in [5.74, 6) is -0.709. The molecule has 7 heteroatoms. The van der Waals surface area contributed by atoms with Crippen molar-refractivity contribution in [3.63, 3.8) is 0 Å². The maximum absolute atomic E-state index is 13.7. The minimum atomic E-state index is -0.515. The lowest BCUT2D eigenvalue weighted by atomic mass is 9.71. The number of hydrogen-bond donors (Lipinski definition) is 2. The van der Waals surface area contributed by atoms with Crippen molar-refractivity contribution in [3.05, 3.63) is 82.5 Å². The summed E-state index contributed by atoms with van der Waals surface area (Å²) in [4.78, 5) is 37.9. The second kappa shape index (κ2) is 9.25. The number of hydrogen-bond acceptors (Lipinski definition) is 5. The number of para-hydroxylation sites is 1. The summed E-state index contributed by atoms with van der Waals surface area (Å²) in [5, 5.41) is 5.89. The molecule has 0 aromatic heterocycles. The van der Waals surface area contributed by atoms with Crippen LogP contribution in [0.1, 0.15) is 50.0 Å². The third kappa shape index (κ3) is 4.25. The van der Waals surface area contributed by atoms with E-state index in [9.17, 15) is 18.8 Å². The smallest absolute Gasteiger partial charge is 0.262 e. The van der Waals surface area contributed by atoms with Gasteiger partial charge in [-0.05, 0) is 55.5 Å². The number of ketones is 2. The Bertz CT molecular complexity index is 1190. The van der Waals surface area contributed by atoms with Crippen LogP contribution >= 0.6 is 0 Å². The van der Waals surface area contributed by atoms with Gasteiger partial charge in [-0.15, -0.1) is 0 Å². The van der Waals surface area contributed by atoms with Crippen molar-refractivity contribution in [3.8, 4) is 5.75 Å². The first-order chi connectivity index (χ1) is 16.5. The molecule has 1 heterocycles. The number of anilines is 1. The third-order valence-electron chi connectivity index (χ3n) is 6.52. The molecule has 34 heavy (non-hydrogen) atoms. The van der Waals surface area contributed by atoms with Crippen LogP contribution in [0.25, 0.3) is 0 Å². The van der Waals surface area contributed by atoms with Crippen LogP contribution in [-0.4, -0.2) is 24.1 Å². The lowest BCUT2D eigenvalue weighted by molar-refractivity contribution is -0.118. The molecule has 0 radical (unpaired) electrons. The van der Waals surface area contributed by atoms with Crippen LogP contribution in [0, 0.1) is 5.82 Å². The highest BCUT2D eigenvalue weighted by Crippen LogP contribution is 2.45. The number of amides is 1. The van der Waals surface area contributed by atoms with Gasteiger partial charge in [0.1, 0.15) is 11.6 Å². The van der Waals surface area contributed by atoms with Gasteiger partial charge in [0.2, 0.25) is 0 Å². The minimum Gasteiger partial charge on any atom is -0.484 e. The zero-order valence-corrected chi connectivity index (χ0v) is 18.7. The zero-order chi connectivity index (χ0) is 23.7. The van der Waals surface area contributed by atoms with Crippen LogP contribution in [0.4, 0.5) is 10.1 Å². The summed E-state index contributed by atoms with van der Waals surface area (Å²) in [5.41, 5.74) is 4.26. The monoisotopic (exact) mass is 460 g/mol. The quantitative estimate of drug-likeness (QED) is 0.684. The lowest BCUT2D eigenvalue weighted by Gasteiger charge is -2.37. The highest BCUT2D eigenvalue weighted by atomic mass is 19.1. The summed E-state index contributed by atoms with van der Waals surface area (Å²) in [6.07, 6.45) is 4.23. The summed E-state index contributed by atoms with van der Waals surface area (Å²) in [6, 6.07) is 13.1. The third-order valence-corrected chi connectivity index (χ3v) is 6.52. The highest BCUT2D eigenvalue weighted by molar-refractivity contribution is 6.06. The number of ether oxygens (including phenoxy) is 1. The first-order valence-corrected chi connectivity index (χ1v) is 11.6. The molecular weight excluding hydrogens is 435 g/mol. The van der Waals surface area contributed by atoms with Crippen molar-refractivity contribution in [2.24, 2.45) is 0 Å². The fourth-order valence-electron chi connectivity index (χ4n) is 4.97. The van der Waals surface area contributed by atoms with Gasteiger partial charge in [0.25, 0.3) is 5.91 Å². The predicted octanol–water partition coefficient (Wildman–Crippen LogP) is 4.54. The second-order valence-electron chi connectivity index (χ2n) is 8.78. The molecule has 0 unspecified atom stereocenters. The number of allylic oxidation sites excluding steroid dienone is 4. The Morgan fingerprint density at radius 1 is 0.912 bits per heavy atom. The van der Waals surface area contributed by atoms with E-state index in [4.69, 9.17) is 4.74 Å². The van der Waals surface area contributed by atoms with E-state index in [0.717, 1.165) is 42.6 Å². The van der Waals surface area contributed by atoms with Gasteiger partial charge in [-0.3, -0.25) is 14.4 Å². The van der Waals surface area contributed by atoms with E-state index in [0.29, 0.717) is 29.7 Å². The Morgan fingerprint density at radius 3 is 2.15 bits per heavy atom. The van der Waals surface area contributed by atoms with E-state index < -0.39 is 11.7 Å². The number of nitrogens with one attached hydrogen (secondary N) is 2. The Morgan fingerprint density at radius 2 is 1.53 bits per heavy atom. The normalized spacial score (nSPS) is 18.3. The molecule has 2 aliphatic carbocycles. The molecule has 1 amide bonds. The molecule has 2 aromatic rings. The molecule has 0 fully saturated rings. The Hall–Kier alpha value is -3.74. The lowest BCUT2D eigenvalue weighted by Crippen LogP contribution is -2.36. The summed E-state index contributed by atoms with van der Waals surface area (Å²) in [7, 11) is 0. The minimum absolute atomic E-state index is 0.0915. The van der Waals surface area contributed by atoms with Crippen LogP contribution in [0.3, 0.4) is 0 Å². The van der Waals surface area contributed by atoms with Gasteiger partial charge in [-0.25, -0.2) is 4.39 Å². The molecule has 2 aromatic carbocycles. The highest BCUT2D eigenvalue weighted by Gasteiger charge is 2.40. The van der Waals surface area contributed by atoms with E-state index >= 15 is 0 Å². The standard InChI is InChI=1S/C27H25FN2O4/c28-18-5-1-2-6-19(18)30-24(33)15-34-17-13-11-16(12-14-17)25-26-20(7-3-9-22(26)31)29-21-8-4-10-23(32)27(21)25/h1-2,5-6,11-14,25,29H,3-4,7-10,15H2,(H,30,33). The number of Topliss-reactive ketones (excluding diaryl/α,β-unsaturated/α-hetero) is 2. The second-order valence-corrected chi connectivity index (χ2v) is 8.78. The molecule has 5 rings (SSSR count). The Labute approximate surface area is 196 Å². The largest absolute Gasteiger partial charge is 0.484 e. The van der Waals surface area contributed by atoms with E-state index in [1.165, 1.54) is 12.1 Å². The first kappa shape index (κ1) is 22.1. The Kier molecular flexibility index (Phi) is 6.01. The maximum Gasteiger partial charge on any atom is 0.262 e. The van der Waals surface area contributed by atoms with Gasteiger partial charge >= 0.3 is 0 Å². The van der Waals surface area contributed by atoms with Crippen LogP contribution in [-0.2, 0) is 14.4 Å². The number of carbonyl (C=O) groups is 3. The molecule has 0 saturated carbocycles. The van der Waals surface area contributed by atoms with Crippen molar-refractivity contribution in [2.45, 2.75) is 44.4 Å². The van der Waals surface area contributed by atoms with Crippen molar-refractivity contribution in [1.82, 2.24) is 5.32 Å². The summed E-state index contributed by atoms with van der Waals surface area (Å²) < 4.78 is 19.3. The first-order valence-electron chi connectivity index (χ1n) is 11.6. The molecular formula is C27H25FN2O4. The molecule has 0 bridgehead atoms. The van der Waals surface area contributed by atoms with Gasteiger partial charge in [-0.2, -0.15) is 0 Å². The van der Waals surface area contributed by atoms with Crippen molar-refractivity contribution in [1.29, 1.82) is 0 Å². The summed E-state index contributed by atoms with van der Waals surface area (Å²) >= 11 is 0. The van der Waals surface area contributed by atoms with Gasteiger partial charge in [-0.1, -0.05) is 24.3 Å². The average molecular weight is 461 g/mol. The number of rotatable bonds is 5. The molecule has 0 atom stereocenters. The van der Waals surface area contributed by atoms with E-state index in [1.807, 2.05) is 12.1 Å². The molecule has 6 nitrogen and oxygen atoms in total.